The van der Waals surface area contributed by atoms with E-state index in [0.29, 0.717) is 23.7 Å². The topological polar surface area (TPSA) is 64.6 Å². The van der Waals surface area contributed by atoms with E-state index in [1.54, 1.807) is 17.4 Å². The molecule has 29 heavy (non-hydrogen) atoms. The van der Waals surface area contributed by atoms with Gasteiger partial charge < -0.3 is 14.8 Å². The van der Waals surface area contributed by atoms with Crippen LogP contribution in [0.15, 0.2) is 24.3 Å². The Hall–Kier alpha value is -2.34. The average Bonchev–Trinajstić information content (AvgIpc) is 3.19. The fraction of sp³-hybridized carbons (Fsp3) is 0.478. The Morgan fingerprint density at radius 2 is 2.07 bits per heavy atom. The number of esters is 2. The zero-order valence-corrected chi connectivity index (χ0v) is 18.2. The van der Waals surface area contributed by atoms with Gasteiger partial charge >= 0.3 is 11.9 Å². The molecule has 5 nitrogen and oxygen atoms in total. The highest BCUT2D eigenvalue weighted by Gasteiger charge is 2.36. The predicted molar refractivity (Wildman–Crippen MR) is 113 cm³/mol. The Morgan fingerprint density at radius 1 is 1.31 bits per heavy atom. The van der Waals surface area contributed by atoms with Gasteiger partial charge in [0.15, 0.2) is 0 Å². The van der Waals surface area contributed by atoms with Crippen LogP contribution in [0.4, 0.5) is 5.00 Å². The van der Waals surface area contributed by atoms with Crippen LogP contribution in [-0.2, 0) is 22.3 Å². The third kappa shape index (κ3) is 3.66. The van der Waals surface area contributed by atoms with Crippen LogP contribution in [0.2, 0.25) is 0 Å². The monoisotopic (exact) mass is 413 g/mol. The summed E-state index contributed by atoms with van der Waals surface area (Å²) in [5.41, 5.74) is 3.29. The second-order valence-corrected chi connectivity index (χ2v) is 9.86. The van der Waals surface area contributed by atoms with Crippen LogP contribution < -0.4 is 5.32 Å². The SMILES string of the molecule is CCOC(=O)c1c(N[C@@H]2OC(=O)c3ccccc32)sc2c1CC[C@@H](C(C)(C)C)C2. The number of rotatable bonds is 4. The molecule has 2 atom stereocenters. The van der Waals surface area contributed by atoms with Crippen LogP contribution in [0.3, 0.4) is 0 Å². The number of anilines is 1. The van der Waals surface area contributed by atoms with Gasteiger partial charge in [0.2, 0.25) is 6.23 Å². The lowest BCUT2D eigenvalue weighted by atomic mass is 9.72. The summed E-state index contributed by atoms with van der Waals surface area (Å²) in [6.07, 6.45) is 2.29. The number of thiophene rings is 1. The number of carbonyl (C=O) groups is 2. The highest BCUT2D eigenvalue weighted by atomic mass is 32.1. The highest BCUT2D eigenvalue weighted by Crippen LogP contribution is 2.46. The summed E-state index contributed by atoms with van der Waals surface area (Å²) in [6.45, 7) is 8.97. The molecule has 0 saturated carbocycles. The van der Waals surface area contributed by atoms with Crippen LogP contribution >= 0.6 is 11.3 Å². The van der Waals surface area contributed by atoms with Crippen molar-refractivity contribution in [2.45, 2.75) is 53.2 Å². The summed E-state index contributed by atoms with van der Waals surface area (Å²) >= 11 is 1.60. The maximum Gasteiger partial charge on any atom is 0.341 e. The third-order valence-electron chi connectivity index (χ3n) is 5.92. The van der Waals surface area contributed by atoms with Crippen LogP contribution in [0.25, 0.3) is 0 Å². The van der Waals surface area contributed by atoms with Crippen molar-refractivity contribution in [2.75, 3.05) is 11.9 Å². The van der Waals surface area contributed by atoms with E-state index in [1.807, 2.05) is 25.1 Å². The molecular weight excluding hydrogens is 386 g/mol. The van der Waals surface area contributed by atoms with Crippen molar-refractivity contribution >= 4 is 28.3 Å². The van der Waals surface area contributed by atoms with Crippen molar-refractivity contribution in [1.29, 1.82) is 0 Å². The van der Waals surface area contributed by atoms with E-state index in [2.05, 4.69) is 26.1 Å². The fourth-order valence-electron chi connectivity index (χ4n) is 4.22. The largest absolute Gasteiger partial charge is 0.462 e. The van der Waals surface area contributed by atoms with Gasteiger partial charge in [0.1, 0.15) is 5.00 Å². The first-order valence-corrected chi connectivity index (χ1v) is 11.0. The standard InChI is InChI=1S/C23H27NO4S/c1-5-27-22(26)18-16-11-10-13(23(2,3)4)12-17(16)29-20(18)24-19-14-8-6-7-9-15(14)21(25)28-19/h6-9,13,19,24H,5,10-12H2,1-4H3/t13-,19-/m1/s1. The number of ether oxygens (including phenoxy) is 2. The lowest BCUT2D eigenvalue weighted by molar-refractivity contribution is 0.0437. The minimum atomic E-state index is -0.592. The van der Waals surface area contributed by atoms with Gasteiger partial charge in [-0.3, -0.25) is 0 Å². The molecule has 4 rings (SSSR count). The van der Waals surface area contributed by atoms with Crippen molar-refractivity contribution in [2.24, 2.45) is 11.3 Å². The molecule has 0 amide bonds. The second-order valence-electron chi connectivity index (χ2n) is 8.75. The molecule has 0 radical (unpaired) electrons. The molecule has 154 valence electrons. The van der Waals surface area contributed by atoms with E-state index < -0.39 is 6.23 Å². The normalized spacial score (nSPS) is 20.6. The molecule has 2 heterocycles. The number of fused-ring (bicyclic) bond motifs is 2. The minimum absolute atomic E-state index is 0.222. The molecule has 1 N–H and O–H groups in total. The second kappa shape index (κ2) is 7.48. The van der Waals surface area contributed by atoms with Gasteiger partial charge in [0.05, 0.1) is 17.7 Å². The summed E-state index contributed by atoms with van der Waals surface area (Å²) in [4.78, 5) is 26.2. The Morgan fingerprint density at radius 3 is 2.79 bits per heavy atom. The molecule has 0 bridgehead atoms. The van der Waals surface area contributed by atoms with Gasteiger partial charge in [-0.15, -0.1) is 11.3 Å². The van der Waals surface area contributed by atoms with Gasteiger partial charge in [-0.2, -0.15) is 0 Å². The molecule has 1 aliphatic heterocycles. The summed E-state index contributed by atoms with van der Waals surface area (Å²) in [6, 6.07) is 7.35. The molecule has 1 aromatic heterocycles. The highest BCUT2D eigenvalue weighted by molar-refractivity contribution is 7.16. The first kappa shape index (κ1) is 20.0. The van der Waals surface area contributed by atoms with Crippen LogP contribution in [0, 0.1) is 11.3 Å². The number of nitrogens with one attached hydrogen (secondary N) is 1. The molecular formula is C23H27NO4S. The molecule has 0 spiro atoms. The Balaban J connectivity index is 1.69. The number of cyclic esters (lactones) is 1. The van der Waals surface area contributed by atoms with Gasteiger partial charge in [0, 0.05) is 10.4 Å². The molecule has 2 aliphatic rings. The van der Waals surface area contributed by atoms with Crippen molar-refractivity contribution in [1.82, 2.24) is 0 Å². The summed E-state index contributed by atoms with van der Waals surface area (Å²) in [5, 5.41) is 4.05. The molecule has 0 fully saturated rings. The predicted octanol–water partition coefficient (Wildman–Crippen LogP) is 5.36. The number of hydrogen-bond acceptors (Lipinski definition) is 6. The first-order chi connectivity index (χ1) is 13.8. The third-order valence-corrected chi connectivity index (χ3v) is 7.11. The minimum Gasteiger partial charge on any atom is -0.462 e. The summed E-state index contributed by atoms with van der Waals surface area (Å²) in [5.74, 6) is -0.0780. The molecule has 0 saturated heterocycles. The Kier molecular flexibility index (Phi) is 5.15. The van der Waals surface area contributed by atoms with Gasteiger partial charge in [-0.1, -0.05) is 39.0 Å². The van der Waals surface area contributed by atoms with Gasteiger partial charge in [0.25, 0.3) is 0 Å². The zero-order valence-electron chi connectivity index (χ0n) is 17.3. The van der Waals surface area contributed by atoms with E-state index in [-0.39, 0.29) is 17.4 Å². The lowest BCUT2D eigenvalue weighted by Gasteiger charge is -2.33. The molecule has 1 aliphatic carbocycles. The van der Waals surface area contributed by atoms with Crippen molar-refractivity contribution in [3.63, 3.8) is 0 Å². The van der Waals surface area contributed by atoms with Gasteiger partial charge in [-0.25, -0.2) is 9.59 Å². The zero-order chi connectivity index (χ0) is 20.8. The van der Waals surface area contributed by atoms with E-state index in [9.17, 15) is 9.59 Å². The Labute approximate surface area is 175 Å². The first-order valence-electron chi connectivity index (χ1n) is 10.2. The summed E-state index contributed by atoms with van der Waals surface area (Å²) < 4.78 is 10.9. The van der Waals surface area contributed by atoms with Gasteiger partial charge in [-0.05, 0) is 49.1 Å². The van der Waals surface area contributed by atoms with Crippen molar-refractivity contribution in [3.8, 4) is 0 Å². The lowest BCUT2D eigenvalue weighted by Crippen LogP contribution is -2.26. The average molecular weight is 414 g/mol. The van der Waals surface area contributed by atoms with E-state index >= 15 is 0 Å². The fourth-order valence-corrected chi connectivity index (χ4v) is 5.55. The number of carbonyl (C=O) groups excluding carboxylic acids is 2. The van der Waals surface area contributed by atoms with E-state index in [0.717, 1.165) is 35.4 Å². The Bertz CT molecular complexity index is 956. The van der Waals surface area contributed by atoms with Crippen molar-refractivity contribution < 1.29 is 19.1 Å². The smallest absolute Gasteiger partial charge is 0.341 e. The number of benzene rings is 1. The maximum atomic E-state index is 12.8. The van der Waals surface area contributed by atoms with Crippen molar-refractivity contribution in [3.05, 3.63) is 51.4 Å². The van der Waals surface area contributed by atoms with Crippen LogP contribution in [0.1, 0.15) is 77.1 Å². The summed E-state index contributed by atoms with van der Waals surface area (Å²) in [7, 11) is 0. The van der Waals surface area contributed by atoms with Crippen LogP contribution in [0.5, 0.6) is 0 Å². The maximum absolute atomic E-state index is 12.8. The van der Waals surface area contributed by atoms with E-state index in [4.69, 9.17) is 9.47 Å². The molecule has 0 unspecified atom stereocenters. The molecule has 2 aromatic rings. The quantitative estimate of drug-likeness (QED) is 0.684. The number of hydrogen-bond donors (Lipinski definition) is 1. The molecule has 1 aromatic carbocycles. The van der Waals surface area contributed by atoms with E-state index in [1.165, 1.54) is 4.88 Å². The van der Waals surface area contributed by atoms with Crippen LogP contribution in [-0.4, -0.2) is 18.5 Å². The molecule has 6 heteroatoms.